The Kier molecular flexibility index (Phi) is 7.53. The van der Waals surface area contributed by atoms with Crippen LogP contribution in [-0.4, -0.2) is 4.57 Å². The lowest BCUT2D eigenvalue weighted by Gasteiger charge is -2.26. The maximum absolute atomic E-state index is 2.49. The van der Waals surface area contributed by atoms with Gasteiger partial charge >= 0.3 is 0 Å². The van der Waals surface area contributed by atoms with E-state index in [9.17, 15) is 0 Å². The fraction of sp³-hybridized carbons (Fsp3) is 0. The lowest BCUT2D eigenvalue weighted by atomic mass is 9.95. The van der Waals surface area contributed by atoms with Crippen molar-refractivity contribution in [1.29, 1.82) is 0 Å². The first-order chi connectivity index (χ1) is 27.8. The molecule has 2 heteroatoms. The van der Waals surface area contributed by atoms with E-state index in [4.69, 9.17) is 0 Å². The molecule has 1 aromatic heterocycles. The van der Waals surface area contributed by atoms with E-state index in [2.05, 4.69) is 228 Å². The summed E-state index contributed by atoms with van der Waals surface area (Å²) in [5.41, 5.74) is 11.7. The van der Waals surface area contributed by atoms with E-state index >= 15 is 0 Å². The highest BCUT2D eigenvalue weighted by molar-refractivity contribution is 6.24. The highest BCUT2D eigenvalue weighted by atomic mass is 15.1. The van der Waals surface area contributed by atoms with Crippen LogP contribution in [0.5, 0.6) is 0 Å². The fourth-order valence-electron chi connectivity index (χ4n) is 8.64. The van der Waals surface area contributed by atoms with Crippen molar-refractivity contribution in [2.24, 2.45) is 0 Å². The average molecular weight is 713 g/mol. The van der Waals surface area contributed by atoms with Gasteiger partial charge in [0.1, 0.15) is 0 Å². The largest absolute Gasteiger partial charge is 0.310 e. The van der Waals surface area contributed by atoms with Crippen LogP contribution in [-0.2, 0) is 0 Å². The molecule has 0 aliphatic heterocycles. The Labute approximate surface area is 325 Å². The van der Waals surface area contributed by atoms with Gasteiger partial charge in [-0.3, -0.25) is 0 Å². The van der Waals surface area contributed by atoms with E-state index in [1.807, 2.05) is 0 Å². The molecule has 0 saturated carbocycles. The molecule has 0 atom stereocenters. The number of benzene rings is 10. The van der Waals surface area contributed by atoms with Gasteiger partial charge in [0.05, 0.1) is 11.0 Å². The first-order valence-corrected chi connectivity index (χ1v) is 19.3. The summed E-state index contributed by atoms with van der Waals surface area (Å²) >= 11 is 0. The van der Waals surface area contributed by atoms with Crippen molar-refractivity contribution in [3.05, 3.63) is 218 Å². The Bertz CT molecular complexity index is 3230. The van der Waals surface area contributed by atoms with Crippen LogP contribution in [0.4, 0.5) is 17.1 Å². The first-order valence-electron chi connectivity index (χ1n) is 19.3. The molecule has 0 spiro atoms. The maximum atomic E-state index is 2.49. The molecule has 1 heterocycles. The molecule has 2 nitrogen and oxygen atoms in total. The fourth-order valence-corrected chi connectivity index (χ4v) is 8.64. The van der Waals surface area contributed by atoms with Crippen molar-refractivity contribution < 1.29 is 0 Å². The average Bonchev–Trinajstić information content (AvgIpc) is 3.62. The second kappa shape index (κ2) is 13.2. The number of nitrogens with zero attached hydrogens (tertiary/aromatic N) is 2. The van der Waals surface area contributed by atoms with Crippen LogP contribution in [0.2, 0.25) is 0 Å². The predicted molar refractivity (Wildman–Crippen MR) is 239 cm³/mol. The third-order valence-electron chi connectivity index (χ3n) is 11.3. The molecule has 11 aromatic rings. The molecule has 0 fully saturated rings. The Morgan fingerprint density at radius 2 is 0.857 bits per heavy atom. The molecule has 0 bridgehead atoms. The normalized spacial score (nSPS) is 11.6. The van der Waals surface area contributed by atoms with Gasteiger partial charge in [-0.15, -0.1) is 0 Å². The third kappa shape index (κ3) is 5.34. The van der Waals surface area contributed by atoms with Gasteiger partial charge in [0.25, 0.3) is 0 Å². The number of rotatable bonds is 6. The predicted octanol–water partition coefficient (Wildman–Crippen LogP) is 15.0. The van der Waals surface area contributed by atoms with Crippen molar-refractivity contribution >= 4 is 71.2 Å². The Balaban J connectivity index is 1.22. The summed E-state index contributed by atoms with van der Waals surface area (Å²) in [6.45, 7) is 0. The number of hydrogen-bond donors (Lipinski definition) is 0. The standard InChI is InChI=1S/C54H36N2/c1-3-13-37(14-4-1)40-23-27-45(28-24-40)55(46-29-25-38-15-7-9-19-42(38)33-46)48-31-32-52-51(36-48)53-50(41-17-5-2-6-18-41)35-44-21-11-12-22-49(44)54(53)56(52)47-30-26-39-16-8-10-20-43(39)34-47/h1-36H. The van der Waals surface area contributed by atoms with Crippen molar-refractivity contribution in [3.8, 4) is 27.9 Å². The second-order valence-corrected chi connectivity index (χ2v) is 14.6. The van der Waals surface area contributed by atoms with Crippen LogP contribution in [0.1, 0.15) is 0 Å². The molecular formula is C54H36N2. The number of hydrogen-bond acceptors (Lipinski definition) is 1. The molecule has 0 saturated heterocycles. The zero-order chi connectivity index (χ0) is 37.0. The summed E-state index contributed by atoms with van der Waals surface area (Å²) in [5, 5.41) is 9.81. The zero-order valence-electron chi connectivity index (χ0n) is 30.7. The van der Waals surface area contributed by atoms with Crippen LogP contribution in [0.25, 0.3) is 82.1 Å². The molecule has 0 unspecified atom stereocenters. The van der Waals surface area contributed by atoms with E-state index in [1.54, 1.807) is 0 Å². The third-order valence-corrected chi connectivity index (χ3v) is 11.3. The van der Waals surface area contributed by atoms with E-state index in [0.29, 0.717) is 0 Å². The van der Waals surface area contributed by atoms with Gasteiger partial charge in [0.2, 0.25) is 0 Å². The maximum Gasteiger partial charge on any atom is 0.0625 e. The van der Waals surface area contributed by atoms with Crippen molar-refractivity contribution in [2.45, 2.75) is 0 Å². The van der Waals surface area contributed by atoms with Crippen molar-refractivity contribution in [1.82, 2.24) is 4.57 Å². The van der Waals surface area contributed by atoms with Gasteiger partial charge in [-0.25, -0.2) is 0 Å². The number of aromatic nitrogens is 1. The van der Waals surface area contributed by atoms with Gasteiger partial charge in [0, 0.05) is 38.9 Å². The summed E-state index contributed by atoms with van der Waals surface area (Å²) in [5.74, 6) is 0. The molecule has 10 aromatic carbocycles. The molecule has 0 radical (unpaired) electrons. The molecule has 0 aliphatic carbocycles. The lowest BCUT2D eigenvalue weighted by Crippen LogP contribution is -2.10. The number of fused-ring (bicyclic) bond motifs is 7. The summed E-state index contributed by atoms with van der Waals surface area (Å²) in [6.07, 6.45) is 0. The Morgan fingerprint density at radius 3 is 1.59 bits per heavy atom. The topological polar surface area (TPSA) is 8.17 Å². The minimum Gasteiger partial charge on any atom is -0.310 e. The second-order valence-electron chi connectivity index (χ2n) is 14.6. The molecule has 0 amide bonds. The first kappa shape index (κ1) is 32.0. The molecule has 56 heavy (non-hydrogen) atoms. The molecule has 262 valence electrons. The van der Waals surface area contributed by atoms with E-state index in [0.717, 1.165) is 22.7 Å². The van der Waals surface area contributed by atoms with Crippen molar-refractivity contribution in [2.75, 3.05) is 4.90 Å². The van der Waals surface area contributed by atoms with Crippen molar-refractivity contribution in [3.63, 3.8) is 0 Å². The Morgan fingerprint density at radius 1 is 0.321 bits per heavy atom. The summed E-state index contributed by atoms with van der Waals surface area (Å²) in [6, 6.07) is 79.6. The molecule has 11 rings (SSSR count). The van der Waals surface area contributed by atoms with Crippen LogP contribution in [0, 0.1) is 0 Å². The van der Waals surface area contributed by atoms with Crippen LogP contribution in [0.15, 0.2) is 218 Å². The summed E-state index contributed by atoms with van der Waals surface area (Å²) < 4.78 is 2.49. The van der Waals surface area contributed by atoms with E-state index in [-0.39, 0.29) is 0 Å². The minimum absolute atomic E-state index is 1.10. The monoisotopic (exact) mass is 712 g/mol. The smallest absolute Gasteiger partial charge is 0.0625 e. The SMILES string of the molecule is c1ccc(-c2ccc(N(c3ccc4ccccc4c3)c3ccc4c(c3)c3c(-c5ccccc5)cc5ccccc5c3n4-c3ccc4ccccc4c3)cc2)cc1. The van der Waals surface area contributed by atoms with Gasteiger partial charge in [-0.2, -0.15) is 0 Å². The lowest BCUT2D eigenvalue weighted by molar-refractivity contribution is 1.19. The minimum atomic E-state index is 1.10. The summed E-state index contributed by atoms with van der Waals surface area (Å²) in [4.78, 5) is 2.41. The highest BCUT2D eigenvalue weighted by Gasteiger charge is 2.22. The molecule has 0 aliphatic rings. The van der Waals surface area contributed by atoms with Gasteiger partial charge in [-0.1, -0.05) is 158 Å². The number of anilines is 3. The summed E-state index contributed by atoms with van der Waals surface area (Å²) in [7, 11) is 0. The van der Waals surface area contributed by atoms with Gasteiger partial charge < -0.3 is 9.47 Å². The zero-order valence-corrected chi connectivity index (χ0v) is 30.7. The van der Waals surface area contributed by atoms with Crippen LogP contribution >= 0.6 is 0 Å². The molecular weight excluding hydrogens is 677 g/mol. The van der Waals surface area contributed by atoms with E-state index < -0.39 is 0 Å². The van der Waals surface area contributed by atoms with E-state index in [1.165, 1.54) is 76.4 Å². The highest BCUT2D eigenvalue weighted by Crippen LogP contribution is 2.46. The van der Waals surface area contributed by atoms with Crippen LogP contribution < -0.4 is 4.90 Å². The molecule has 0 N–H and O–H groups in total. The van der Waals surface area contributed by atoms with Gasteiger partial charge in [0.15, 0.2) is 0 Å². The quantitative estimate of drug-likeness (QED) is 0.167. The Hall–Kier alpha value is -7.42. The van der Waals surface area contributed by atoms with Crippen LogP contribution in [0.3, 0.4) is 0 Å². The van der Waals surface area contributed by atoms with Gasteiger partial charge in [-0.05, 0) is 110 Å².